The molecule has 0 radical (unpaired) electrons. The summed E-state index contributed by atoms with van der Waals surface area (Å²) in [5.41, 5.74) is 1.60. The molecule has 368 valence electrons. The summed E-state index contributed by atoms with van der Waals surface area (Å²) >= 11 is 0. The first-order valence-corrected chi connectivity index (χ1v) is 21.6. The number of aryl methyl sites for hydroxylation is 2. The summed E-state index contributed by atoms with van der Waals surface area (Å²) in [4.78, 5) is 106. The molecule has 0 saturated heterocycles. The van der Waals surface area contributed by atoms with Crippen LogP contribution in [-0.4, -0.2) is 84.9 Å². The summed E-state index contributed by atoms with van der Waals surface area (Å²) in [6.45, 7) is 6.74. The van der Waals surface area contributed by atoms with Crippen LogP contribution in [0.2, 0.25) is 0 Å². The van der Waals surface area contributed by atoms with E-state index in [2.05, 4.69) is 51.6 Å². The van der Waals surface area contributed by atoms with Gasteiger partial charge in [-0.2, -0.15) is 0 Å². The third-order valence-corrected chi connectivity index (χ3v) is 11.1. The highest BCUT2D eigenvalue weighted by Gasteiger charge is 2.23. The van der Waals surface area contributed by atoms with Crippen molar-refractivity contribution in [3.8, 4) is 0 Å². The first-order chi connectivity index (χ1) is 34.3. The Balaban J connectivity index is 0.000000211. The molecule has 0 fully saturated rings. The van der Waals surface area contributed by atoms with Crippen LogP contribution >= 0.6 is 0 Å². The monoisotopic (exact) mass is 984 g/mol. The first kappa shape index (κ1) is 50.1. The lowest BCUT2D eigenvalue weighted by Gasteiger charge is -2.15. The average Bonchev–Trinajstić information content (AvgIpc) is 3.94. The Morgan fingerprint density at radius 3 is 1.36 bits per heavy atom. The largest absolute Gasteiger partial charge is 0.478 e. The Kier molecular flexibility index (Phi) is 14.8. The Bertz CT molecular complexity index is 3550. The molecule has 8 aromatic rings. The number of fused-ring (bicyclic) bond motifs is 2. The number of halogens is 2. The van der Waals surface area contributed by atoms with E-state index in [1.807, 2.05) is 0 Å². The molecule has 0 aliphatic heterocycles. The molecule has 0 bridgehead atoms. The molecular formula is C48H42F2N12O10. The van der Waals surface area contributed by atoms with E-state index >= 15 is 0 Å². The Labute approximate surface area is 404 Å². The summed E-state index contributed by atoms with van der Waals surface area (Å²) < 4.78 is 28.9. The summed E-state index contributed by atoms with van der Waals surface area (Å²) in [6.07, 6.45) is 0. The van der Waals surface area contributed by atoms with Gasteiger partial charge in [-0.1, -0.05) is 48.5 Å². The van der Waals surface area contributed by atoms with Gasteiger partial charge in [-0.25, -0.2) is 56.9 Å². The van der Waals surface area contributed by atoms with Crippen LogP contribution < -0.4 is 32.6 Å². The molecular weight excluding hydrogens is 943 g/mol. The number of rotatable bonds is 14. The zero-order chi connectivity index (χ0) is 52.0. The summed E-state index contributed by atoms with van der Waals surface area (Å²) in [6, 6.07) is 22.1. The Hall–Kier alpha value is -9.74. The molecule has 4 heterocycles. The number of benzene rings is 4. The summed E-state index contributed by atoms with van der Waals surface area (Å²) in [7, 11) is 0. The number of hydrogen-bond acceptors (Lipinski definition) is 12. The van der Waals surface area contributed by atoms with Gasteiger partial charge in [0.25, 0.3) is 35.2 Å². The molecule has 24 heteroatoms. The predicted octanol–water partition coefficient (Wildman–Crippen LogP) is 3.97. The van der Waals surface area contributed by atoms with Crippen molar-refractivity contribution >= 4 is 47.1 Å². The molecule has 0 aliphatic carbocycles. The zero-order valence-corrected chi connectivity index (χ0v) is 38.4. The van der Waals surface area contributed by atoms with Crippen LogP contribution in [-0.2, 0) is 13.1 Å². The van der Waals surface area contributed by atoms with Crippen molar-refractivity contribution in [3.63, 3.8) is 0 Å². The van der Waals surface area contributed by atoms with Crippen molar-refractivity contribution in [2.24, 2.45) is 0 Å². The second kappa shape index (κ2) is 21.3. The van der Waals surface area contributed by atoms with E-state index in [0.29, 0.717) is 33.4 Å². The number of aromatic nitrogens is 8. The fraction of sp³-hybridized carbons (Fsp3) is 0.167. The number of carboxylic acid groups (broad SMARTS) is 2. The molecule has 8 rings (SSSR count). The lowest BCUT2D eigenvalue weighted by atomic mass is 10.1. The van der Waals surface area contributed by atoms with Gasteiger partial charge in [-0.15, -0.1) is 10.2 Å². The molecule has 4 aromatic heterocycles. The zero-order valence-electron chi connectivity index (χ0n) is 38.4. The van der Waals surface area contributed by atoms with Crippen molar-refractivity contribution in [1.29, 1.82) is 0 Å². The molecule has 0 aliphatic rings. The average molecular weight is 985 g/mol. The summed E-state index contributed by atoms with van der Waals surface area (Å²) in [5, 5.41) is 40.8. The minimum atomic E-state index is -1.07. The molecule has 0 unspecified atom stereocenters. The lowest BCUT2D eigenvalue weighted by molar-refractivity contribution is 0.0686. The molecule has 2 atom stereocenters. The smallest absolute Gasteiger partial charge is 0.349 e. The number of carbonyl (C=O) groups excluding carboxylic acids is 4. The number of carbonyl (C=O) groups is 6. The van der Waals surface area contributed by atoms with Gasteiger partial charge in [0.2, 0.25) is 0 Å². The number of carboxylic acids is 2. The number of hydrogen-bond donors (Lipinski definition) is 8. The van der Waals surface area contributed by atoms with Gasteiger partial charge < -0.3 is 31.5 Å². The summed E-state index contributed by atoms with van der Waals surface area (Å²) in [5.74, 6) is -5.81. The Morgan fingerprint density at radius 2 is 0.944 bits per heavy atom. The highest BCUT2D eigenvalue weighted by molar-refractivity contribution is 5.99. The van der Waals surface area contributed by atoms with Crippen molar-refractivity contribution in [2.45, 2.75) is 52.9 Å². The highest BCUT2D eigenvalue weighted by atomic mass is 19.1. The molecule has 4 aromatic carbocycles. The van der Waals surface area contributed by atoms with Crippen LogP contribution in [0.25, 0.3) is 11.6 Å². The van der Waals surface area contributed by atoms with Gasteiger partial charge in [0.05, 0.1) is 23.2 Å². The van der Waals surface area contributed by atoms with E-state index < -0.39 is 59.0 Å². The lowest BCUT2D eigenvalue weighted by Crippen LogP contribution is -2.32. The van der Waals surface area contributed by atoms with Crippen molar-refractivity contribution in [1.82, 2.24) is 60.4 Å². The van der Waals surface area contributed by atoms with Crippen LogP contribution in [0.4, 0.5) is 8.78 Å². The third-order valence-electron chi connectivity index (χ3n) is 11.1. The van der Waals surface area contributed by atoms with E-state index in [4.69, 9.17) is 10.2 Å². The number of nitrogens with one attached hydrogen (secondary N) is 6. The number of aromatic carboxylic acids is 2. The number of H-pyrrole nitrogens is 2. The molecule has 72 heavy (non-hydrogen) atoms. The maximum Gasteiger partial charge on any atom is 0.349 e. The normalized spacial score (nSPS) is 11.8. The van der Waals surface area contributed by atoms with Crippen molar-refractivity contribution in [2.75, 3.05) is 0 Å². The van der Waals surface area contributed by atoms with Crippen LogP contribution in [0.15, 0.2) is 107 Å². The maximum atomic E-state index is 13.5. The topological polar surface area (TPSA) is 317 Å². The molecule has 0 spiro atoms. The molecule has 22 nitrogen and oxygen atoms in total. The second-order valence-electron chi connectivity index (χ2n) is 16.2. The van der Waals surface area contributed by atoms with Crippen molar-refractivity contribution < 1.29 is 47.8 Å². The van der Waals surface area contributed by atoms with E-state index in [1.165, 1.54) is 60.7 Å². The van der Waals surface area contributed by atoms with E-state index in [9.17, 15) is 47.1 Å². The van der Waals surface area contributed by atoms with Crippen molar-refractivity contribution in [3.05, 3.63) is 197 Å². The van der Waals surface area contributed by atoms with Gasteiger partial charge in [0.15, 0.2) is 0 Å². The van der Waals surface area contributed by atoms with Crippen LogP contribution in [0, 0.1) is 25.5 Å². The quantitative estimate of drug-likeness (QED) is 0.0765. The number of nitrogens with zero attached hydrogens (tertiary/aromatic N) is 6. The molecule has 4 amide bonds. The van der Waals surface area contributed by atoms with Crippen LogP contribution in [0.1, 0.15) is 122 Å². The Morgan fingerprint density at radius 1 is 0.556 bits per heavy atom. The minimum Gasteiger partial charge on any atom is -0.478 e. The molecule has 0 saturated carbocycles. The fourth-order valence-electron chi connectivity index (χ4n) is 7.11. The highest BCUT2D eigenvalue weighted by Crippen LogP contribution is 2.18. The van der Waals surface area contributed by atoms with Gasteiger partial charge in [0.1, 0.15) is 34.4 Å². The molecule has 8 N–H and O–H groups in total. The third kappa shape index (κ3) is 11.4. The standard InChI is InChI=1S/2C24H21FN6O5/c1-12-9-14(3-8-17(12)25)11-26-21(33)19-10-18(28-23-29-30-24(36)31(19)23)20(32)27-13(2)15-4-6-16(7-5-15)22(34)35;1-12-9-14(3-8-17(12)25)11-26-20(32)18-10-19(31-23(28-18)29-30-24(31)36)21(33)27-13(2)15-4-6-16(7-5-15)22(34)35/h3-10,13H,11H2,1-2H3,(H,26,33)(H,27,32)(H,30,36)(H,34,35);3-10,13H,11H2,1-2H3,(H,26,32)(H,27,33)(H,30,36)(H,34,35)/t2*13-/m11/s1. The SMILES string of the molecule is Cc1cc(CNC(=O)c2cc(C(=O)N[C@H](C)c3ccc(C(=O)O)cc3)n3c(=O)[nH]nc3n2)ccc1F.Cc1cc(CNC(=O)c2cc(C(=O)N[C@H](C)c3ccc(C(=O)O)cc3)nc3n[nH]c(=O)n23)ccc1F. The predicted molar refractivity (Wildman–Crippen MR) is 250 cm³/mol. The van der Waals surface area contributed by atoms with Gasteiger partial charge >= 0.3 is 23.3 Å². The fourth-order valence-corrected chi connectivity index (χ4v) is 7.11. The van der Waals surface area contributed by atoms with E-state index in [-0.39, 0.29) is 70.2 Å². The second-order valence-corrected chi connectivity index (χ2v) is 16.2. The maximum absolute atomic E-state index is 13.5. The minimum absolute atomic E-state index is 0.0568. The van der Waals surface area contributed by atoms with E-state index in [1.54, 1.807) is 64.1 Å². The van der Waals surface area contributed by atoms with Crippen LogP contribution in [0.3, 0.4) is 0 Å². The van der Waals surface area contributed by atoms with E-state index in [0.717, 1.165) is 8.80 Å². The van der Waals surface area contributed by atoms with Gasteiger partial charge in [-0.05, 0) is 110 Å². The number of amides is 4. The van der Waals surface area contributed by atoms with Gasteiger partial charge in [-0.3, -0.25) is 19.2 Å². The number of aromatic amines is 2. The van der Waals surface area contributed by atoms with Gasteiger partial charge in [0, 0.05) is 13.1 Å². The first-order valence-electron chi connectivity index (χ1n) is 21.6. The van der Waals surface area contributed by atoms with Crippen LogP contribution in [0.5, 0.6) is 0 Å².